The van der Waals surface area contributed by atoms with E-state index in [0.29, 0.717) is 0 Å². The Labute approximate surface area is 622 Å². The molecule has 716 valence electrons. The lowest BCUT2D eigenvalue weighted by Gasteiger charge is -2.42. The number of rotatable bonds is 42. The van der Waals surface area contributed by atoms with Crippen molar-refractivity contribution in [3.63, 3.8) is 0 Å². The van der Waals surface area contributed by atoms with Crippen LogP contribution in [-0.4, -0.2) is 264 Å². The van der Waals surface area contributed by atoms with Crippen LogP contribution < -0.4 is 28.7 Å². The summed E-state index contributed by atoms with van der Waals surface area (Å²) in [6.45, 7) is -25.2. The van der Waals surface area contributed by atoms with Gasteiger partial charge in [0, 0.05) is 26.2 Å². The molecular formula is C48H22F64N6O4. The summed E-state index contributed by atoms with van der Waals surface area (Å²) in [7, 11) is 0. The van der Waals surface area contributed by atoms with E-state index < -0.39 is 292 Å². The Morgan fingerprint density at radius 2 is 0.311 bits per heavy atom. The molecule has 122 heavy (non-hydrogen) atoms. The van der Waals surface area contributed by atoms with Crippen LogP contribution in [0.5, 0.6) is 23.5 Å². The summed E-state index contributed by atoms with van der Waals surface area (Å²) in [5.41, 5.74) is 0. The van der Waals surface area contributed by atoms with Gasteiger partial charge in [0.25, 0.3) is 0 Å². The van der Waals surface area contributed by atoms with Gasteiger partial charge in [0.05, 0.1) is 12.1 Å². The third kappa shape index (κ3) is 15.7. The van der Waals surface area contributed by atoms with Crippen molar-refractivity contribution in [1.82, 2.24) is 19.9 Å². The zero-order valence-corrected chi connectivity index (χ0v) is 54.6. The molecule has 0 unspecified atom stereocenters. The number of ether oxygens (including phenoxy) is 4. The summed E-state index contributed by atoms with van der Waals surface area (Å²) in [4.78, 5) is 9.70. The van der Waals surface area contributed by atoms with Crippen molar-refractivity contribution in [2.24, 2.45) is 0 Å². The molecule has 0 radical (unpaired) electrons. The van der Waals surface area contributed by atoms with Crippen LogP contribution in [0.15, 0.2) is 12.1 Å². The van der Waals surface area contributed by atoms with Gasteiger partial charge in [-0.15, -0.1) is 0 Å². The second-order valence-corrected chi connectivity index (χ2v) is 23.8. The zero-order chi connectivity index (χ0) is 97.7. The van der Waals surface area contributed by atoms with Crippen molar-refractivity contribution in [2.75, 3.05) is 62.4 Å². The Balaban J connectivity index is 2.43. The average Bonchev–Trinajstić information content (AvgIpc) is 0.711. The van der Waals surface area contributed by atoms with Gasteiger partial charge in [0.15, 0.2) is 26.4 Å². The molecule has 2 aromatic rings. The van der Waals surface area contributed by atoms with Crippen LogP contribution in [0.3, 0.4) is 0 Å². The minimum Gasteiger partial charge on any atom is -0.471 e. The van der Waals surface area contributed by atoms with E-state index in [1.165, 1.54) is 0 Å². The Kier molecular flexibility index (Phi) is 27.8. The van der Waals surface area contributed by atoms with Gasteiger partial charge in [0.2, 0.25) is 35.4 Å². The smallest absolute Gasteiger partial charge is 0.385 e. The quantitative estimate of drug-likeness (QED) is 0.0598. The van der Waals surface area contributed by atoms with Crippen LogP contribution in [0, 0.1) is 0 Å². The molecule has 3 heterocycles. The summed E-state index contributed by atoms with van der Waals surface area (Å²) in [5, 5.41) is 0. The fourth-order valence-electron chi connectivity index (χ4n) is 8.16. The van der Waals surface area contributed by atoms with Crippen molar-refractivity contribution in [3.8, 4) is 23.5 Å². The lowest BCUT2D eigenvalue weighted by molar-refractivity contribution is -0.447. The van der Waals surface area contributed by atoms with Gasteiger partial charge in [-0.05, 0) is 0 Å². The molecule has 0 N–H and O–H groups in total. The molecule has 0 bridgehead atoms. The highest BCUT2D eigenvalue weighted by molar-refractivity contribution is 5.43. The highest BCUT2D eigenvalue weighted by Crippen LogP contribution is 2.69. The van der Waals surface area contributed by atoms with Gasteiger partial charge in [-0.3, -0.25) is 0 Å². The van der Waals surface area contributed by atoms with Crippen molar-refractivity contribution < 1.29 is 300 Å². The number of aromatic nitrogens is 4. The maximum absolute atomic E-state index is 15.0. The monoisotopic (exact) mass is 1960 g/mol. The topological polar surface area (TPSA) is 95.0 Å². The first kappa shape index (κ1) is 109. The molecule has 3 rings (SSSR count). The van der Waals surface area contributed by atoms with E-state index in [1.54, 1.807) is 0 Å². The lowest BCUT2D eigenvalue weighted by Crippen LogP contribution is -2.74. The standard InChI is InChI=1S/C48H22F64N6O4/c49-15(50)25(65,66)33(81,82)41(97,98)45(105,106)37(89,90)29(73,74)21(57,58)7-119-11-5-12(120-8-22(59,60)30(75,76)38(91,92)46(107,108)42(99,100)34(83,84)26(67,68)16(51)52)114-19(113-11)117-1-2-118(4-3-117)20-115-13(121-9-23(61,62)31(77,78)39(93,94)47(109,110)43(101,102)35(85,86)27(69,70)17(53)54)6-14(116-20)122-10-24(63,64)32(79,80)40(95,96)48(111,112)44(103,104)36(87,88)28(71,72)18(55)56/h5-6,15-18H,1-4,7-10H2. The number of anilines is 2. The Bertz CT molecular complexity index is 3470. The molecule has 0 aromatic carbocycles. The summed E-state index contributed by atoms with van der Waals surface area (Å²) in [6, 6.07) is -2.39. The third-order valence-electron chi connectivity index (χ3n) is 15.7. The minimum absolute atomic E-state index is 0.328. The summed E-state index contributed by atoms with van der Waals surface area (Å²) >= 11 is 0. The van der Waals surface area contributed by atoms with E-state index in [1.807, 2.05) is 0 Å². The van der Waals surface area contributed by atoms with E-state index in [-0.39, 0.29) is 9.80 Å². The van der Waals surface area contributed by atoms with Crippen LogP contribution in [-0.2, 0) is 0 Å². The fraction of sp³-hybridized carbons (Fsp3) is 0.833. The van der Waals surface area contributed by atoms with Gasteiger partial charge >= 0.3 is 192 Å². The molecule has 10 nitrogen and oxygen atoms in total. The summed E-state index contributed by atoms with van der Waals surface area (Å²) in [6.07, 6.45) is -25.9. The lowest BCUT2D eigenvalue weighted by atomic mass is 9.89. The van der Waals surface area contributed by atoms with E-state index in [9.17, 15) is 246 Å². The SMILES string of the molecule is FC(F)C(F)(F)C(F)(F)C(F)(F)C(F)(F)C(F)(F)C(F)(F)C(F)(F)COc1cc(OCC(F)(F)C(F)(F)C(F)(F)C(F)(F)C(F)(F)C(F)(F)C(F)(F)C(F)F)nc(N2CCN(c3nc(OCC(F)(F)C(F)(F)C(F)(F)C(F)(F)C(F)(F)C(F)(F)C(F)(F)C(F)F)cc(OCC(F)(F)C(F)(F)C(F)(F)C(F)(F)C(F)(F)C(F)(F)C(F)(F)C(F)F)n3)CC2)n1. The van der Waals surface area contributed by atoms with Crippen LogP contribution in [0.25, 0.3) is 0 Å². The van der Waals surface area contributed by atoms with Gasteiger partial charge in [0.1, 0.15) is 0 Å². The van der Waals surface area contributed by atoms with Gasteiger partial charge in [-0.25, -0.2) is 35.1 Å². The molecular weight excluding hydrogens is 1940 g/mol. The normalized spacial score (nSPS) is 16.8. The molecule has 2 aromatic heterocycles. The van der Waals surface area contributed by atoms with Gasteiger partial charge in [-0.2, -0.15) is 266 Å². The molecule has 0 amide bonds. The predicted octanol–water partition coefficient (Wildman–Crippen LogP) is 21.0. The van der Waals surface area contributed by atoms with E-state index in [2.05, 4.69) is 38.9 Å². The number of alkyl halides is 64. The Hall–Kier alpha value is -7.52. The third-order valence-corrected chi connectivity index (χ3v) is 15.7. The molecule has 74 heteroatoms. The average molecular weight is 1960 g/mol. The second kappa shape index (κ2) is 31.2. The molecule has 0 saturated carbocycles. The number of hydrogen-bond acceptors (Lipinski definition) is 10. The molecule has 1 aliphatic heterocycles. The van der Waals surface area contributed by atoms with Gasteiger partial charge < -0.3 is 28.7 Å². The molecule has 1 saturated heterocycles. The maximum Gasteiger partial charge on any atom is 0.385 e. The highest BCUT2D eigenvalue weighted by Gasteiger charge is 2.99. The first-order chi connectivity index (χ1) is 53.0. The van der Waals surface area contributed by atoms with Crippen molar-refractivity contribution in [3.05, 3.63) is 12.1 Å². The van der Waals surface area contributed by atoms with Crippen LogP contribution in [0.2, 0.25) is 0 Å². The van der Waals surface area contributed by atoms with Gasteiger partial charge in [-0.1, -0.05) is 0 Å². The molecule has 0 atom stereocenters. The summed E-state index contributed by atoms with van der Waals surface area (Å²) in [5.74, 6) is -262. The first-order valence-electron chi connectivity index (χ1n) is 28.5. The first-order valence-corrected chi connectivity index (χ1v) is 28.5. The van der Waals surface area contributed by atoms with E-state index in [0.717, 1.165) is 0 Å². The molecule has 0 spiro atoms. The number of nitrogens with zero attached hydrogens (tertiary/aromatic N) is 6. The largest absolute Gasteiger partial charge is 0.471 e. The van der Waals surface area contributed by atoms with Crippen molar-refractivity contribution in [2.45, 2.75) is 192 Å². The van der Waals surface area contributed by atoms with Crippen molar-refractivity contribution in [1.29, 1.82) is 0 Å². The Morgan fingerprint density at radius 3 is 0.434 bits per heavy atom. The van der Waals surface area contributed by atoms with Crippen LogP contribution in [0.4, 0.5) is 293 Å². The Morgan fingerprint density at radius 1 is 0.197 bits per heavy atom. The second-order valence-electron chi connectivity index (χ2n) is 23.8. The van der Waals surface area contributed by atoms with E-state index >= 15 is 35.1 Å². The highest BCUT2D eigenvalue weighted by atomic mass is 19.4. The van der Waals surface area contributed by atoms with Crippen LogP contribution >= 0.6 is 0 Å². The van der Waals surface area contributed by atoms with E-state index in [4.69, 9.17) is 0 Å². The number of piperazine rings is 1. The number of halogens is 64. The molecule has 1 fully saturated rings. The summed E-state index contributed by atoms with van der Waals surface area (Å²) < 4.78 is 914. The van der Waals surface area contributed by atoms with Crippen LogP contribution in [0.1, 0.15) is 0 Å². The van der Waals surface area contributed by atoms with Crippen molar-refractivity contribution >= 4 is 11.9 Å². The minimum atomic E-state index is -9.33. The number of hydrogen-bond donors (Lipinski definition) is 0. The zero-order valence-electron chi connectivity index (χ0n) is 54.6. The molecule has 1 aliphatic rings. The molecule has 0 aliphatic carbocycles. The predicted molar refractivity (Wildman–Crippen MR) is 253 cm³/mol. The maximum atomic E-state index is 15.0. The fourth-order valence-corrected chi connectivity index (χ4v) is 8.16.